The fourth-order valence-corrected chi connectivity index (χ4v) is 2.45. The van der Waals surface area contributed by atoms with Crippen molar-refractivity contribution in [2.45, 2.75) is 25.8 Å². The molecular formula is C13H20FN3. The molecule has 4 heteroatoms. The van der Waals surface area contributed by atoms with Gasteiger partial charge in [-0.3, -0.25) is 4.90 Å². The Hall–Kier alpha value is -1.29. The average molecular weight is 237 g/mol. The van der Waals surface area contributed by atoms with E-state index >= 15 is 0 Å². The summed E-state index contributed by atoms with van der Waals surface area (Å²) in [6, 6.07) is 5.30. The Balaban J connectivity index is 1.93. The largest absolute Gasteiger partial charge is 0.399 e. The molecular weight excluding hydrogens is 217 g/mol. The first-order valence-corrected chi connectivity index (χ1v) is 6.23. The highest BCUT2D eigenvalue weighted by atomic mass is 19.1. The van der Waals surface area contributed by atoms with Crippen molar-refractivity contribution in [1.29, 1.82) is 0 Å². The maximum absolute atomic E-state index is 13.5. The molecule has 1 aliphatic heterocycles. The maximum Gasteiger partial charge on any atom is 0.148 e. The Morgan fingerprint density at radius 3 is 3.06 bits per heavy atom. The SMILES string of the molecule is CCN1CCCC1CNc1ccc(N)cc1F. The number of rotatable bonds is 4. The van der Waals surface area contributed by atoms with Gasteiger partial charge in [-0.05, 0) is 44.1 Å². The summed E-state index contributed by atoms with van der Waals surface area (Å²) in [6.45, 7) is 5.19. The van der Waals surface area contributed by atoms with Gasteiger partial charge in [0.1, 0.15) is 5.82 Å². The third-order valence-corrected chi connectivity index (χ3v) is 3.43. The lowest BCUT2D eigenvalue weighted by atomic mass is 10.2. The van der Waals surface area contributed by atoms with E-state index in [2.05, 4.69) is 17.1 Å². The number of anilines is 2. The number of likely N-dealkylation sites (N-methyl/N-ethyl adjacent to an activating group) is 1. The Labute approximate surface area is 102 Å². The Bertz CT molecular complexity index is 381. The van der Waals surface area contributed by atoms with Gasteiger partial charge in [-0.2, -0.15) is 0 Å². The second-order valence-corrected chi connectivity index (χ2v) is 4.54. The molecule has 0 saturated carbocycles. The molecule has 3 nitrogen and oxygen atoms in total. The van der Waals surface area contributed by atoms with Gasteiger partial charge in [0.15, 0.2) is 0 Å². The monoisotopic (exact) mass is 237 g/mol. The Morgan fingerprint density at radius 2 is 2.35 bits per heavy atom. The van der Waals surface area contributed by atoms with Crippen LogP contribution in [0.15, 0.2) is 18.2 Å². The lowest BCUT2D eigenvalue weighted by Crippen LogP contribution is -2.34. The van der Waals surface area contributed by atoms with E-state index in [4.69, 9.17) is 5.73 Å². The Morgan fingerprint density at radius 1 is 1.53 bits per heavy atom. The van der Waals surface area contributed by atoms with E-state index in [1.165, 1.54) is 18.9 Å². The zero-order chi connectivity index (χ0) is 12.3. The van der Waals surface area contributed by atoms with Crippen molar-refractivity contribution in [2.24, 2.45) is 0 Å². The first kappa shape index (κ1) is 12.2. The highest BCUT2D eigenvalue weighted by Crippen LogP contribution is 2.20. The van der Waals surface area contributed by atoms with Gasteiger partial charge >= 0.3 is 0 Å². The van der Waals surface area contributed by atoms with Gasteiger partial charge in [0.05, 0.1) is 5.69 Å². The summed E-state index contributed by atoms with van der Waals surface area (Å²) in [7, 11) is 0. The zero-order valence-corrected chi connectivity index (χ0v) is 10.2. The summed E-state index contributed by atoms with van der Waals surface area (Å²) in [6.07, 6.45) is 2.43. The van der Waals surface area contributed by atoms with Gasteiger partial charge in [-0.1, -0.05) is 6.92 Å². The smallest absolute Gasteiger partial charge is 0.148 e. The number of nitrogen functional groups attached to an aromatic ring is 1. The van der Waals surface area contributed by atoms with Crippen LogP contribution in [0, 0.1) is 5.82 Å². The minimum atomic E-state index is -0.272. The lowest BCUT2D eigenvalue weighted by molar-refractivity contribution is 0.277. The zero-order valence-electron chi connectivity index (χ0n) is 10.2. The third kappa shape index (κ3) is 2.88. The number of likely N-dealkylation sites (tertiary alicyclic amines) is 1. The first-order chi connectivity index (χ1) is 8.20. The average Bonchev–Trinajstić information content (AvgIpc) is 2.75. The van der Waals surface area contributed by atoms with Crippen LogP contribution in [0.25, 0.3) is 0 Å². The molecule has 1 unspecified atom stereocenters. The molecule has 3 N–H and O–H groups in total. The normalized spacial score (nSPS) is 20.7. The van der Waals surface area contributed by atoms with E-state index in [1.54, 1.807) is 12.1 Å². The molecule has 1 heterocycles. The van der Waals surface area contributed by atoms with Crippen molar-refractivity contribution in [2.75, 3.05) is 30.7 Å². The molecule has 94 valence electrons. The van der Waals surface area contributed by atoms with Gasteiger partial charge in [-0.25, -0.2) is 4.39 Å². The predicted octanol–water partition coefficient (Wildman–Crippen LogP) is 2.30. The van der Waals surface area contributed by atoms with Gasteiger partial charge < -0.3 is 11.1 Å². The van der Waals surface area contributed by atoms with E-state index in [1.807, 2.05) is 0 Å². The van der Waals surface area contributed by atoms with E-state index < -0.39 is 0 Å². The molecule has 0 amide bonds. The molecule has 1 aliphatic rings. The fourth-order valence-electron chi connectivity index (χ4n) is 2.45. The number of nitrogens with one attached hydrogen (secondary N) is 1. The minimum absolute atomic E-state index is 0.272. The summed E-state index contributed by atoms with van der Waals surface area (Å²) in [5, 5.41) is 3.17. The van der Waals surface area contributed by atoms with Crippen LogP contribution in [0.5, 0.6) is 0 Å². The number of hydrogen-bond acceptors (Lipinski definition) is 3. The summed E-state index contributed by atoms with van der Waals surface area (Å²) in [5.41, 5.74) is 6.52. The first-order valence-electron chi connectivity index (χ1n) is 6.23. The van der Waals surface area contributed by atoms with E-state index in [0.717, 1.165) is 19.6 Å². The molecule has 1 saturated heterocycles. The minimum Gasteiger partial charge on any atom is -0.399 e. The molecule has 0 spiro atoms. The quantitative estimate of drug-likeness (QED) is 0.790. The summed E-state index contributed by atoms with van der Waals surface area (Å²) >= 11 is 0. The summed E-state index contributed by atoms with van der Waals surface area (Å²) in [5.74, 6) is -0.272. The maximum atomic E-state index is 13.5. The van der Waals surface area contributed by atoms with E-state index in [0.29, 0.717) is 17.4 Å². The van der Waals surface area contributed by atoms with Crippen LogP contribution in [0.2, 0.25) is 0 Å². The highest BCUT2D eigenvalue weighted by molar-refractivity contribution is 5.52. The number of nitrogens with two attached hydrogens (primary N) is 1. The Kier molecular flexibility index (Phi) is 3.84. The molecule has 0 aromatic heterocycles. The molecule has 17 heavy (non-hydrogen) atoms. The second kappa shape index (κ2) is 5.36. The number of nitrogens with zero attached hydrogens (tertiary/aromatic N) is 1. The lowest BCUT2D eigenvalue weighted by Gasteiger charge is -2.23. The van der Waals surface area contributed by atoms with Gasteiger partial charge in [-0.15, -0.1) is 0 Å². The summed E-state index contributed by atoms with van der Waals surface area (Å²) < 4.78 is 13.5. The molecule has 1 fully saturated rings. The molecule has 2 rings (SSSR count). The fraction of sp³-hybridized carbons (Fsp3) is 0.538. The highest BCUT2D eigenvalue weighted by Gasteiger charge is 2.22. The molecule has 0 aliphatic carbocycles. The topological polar surface area (TPSA) is 41.3 Å². The predicted molar refractivity (Wildman–Crippen MR) is 69.6 cm³/mol. The van der Waals surface area contributed by atoms with E-state index in [9.17, 15) is 4.39 Å². The van der Waals surface area contributed by atoms with Gasteiger partial charge in [0.25, 0.3) is 0 Å². The van der Waals surface area contributed by atoms with Crippen molar-refractivity contribution in [3.05, 3.63) is 24.0 Å². The molecule has 0 radical (unpaired) electrons. The molecule has 0 bridgehead atoms. The van der Waals surface area contributed by atoms with Crippen LogP contribution in [-0.2, 0) is 0 Å². The van der Waals surface area contributed by atoms with Crippen LogP contribution >= 0.6 is 0 Å². The molecule has 1 aromatic carbocycles. The van der Waals surface area contributed by atoms with E-state index in [-0.39, 0.29) is 5.82 Å². The second-order valence-electron chi connectivity index (χ2n) is 4.54. The van der Waals surface area contributed by atoms with Crippen LogP contribution in [-0.4, -0.2) is 30.6 Å². The van der Waals surface area contributed by atoms with Crippen molar-refractivity contribution in [3.63, 3.8) is 0 Å². The van der Waals surface area contributed by atoms with Crippen molar-refractivity contribution in [3.8, 4) is 0 Å². The van der Waals surface area contributed by atoms with Crippen LogP contribution in [0.4, 0.5) is 15.8 Å². The number of benzene rings is 1. The van der Waals surface area contributed by atoms with Crippen LogP contribution in [0.3, 0.4) is 0 Å². The van der Waals surface area contributed by atoms with Gasteiger partial charge in [0, 0.05) is 18.3 Å². The standard InChI is InChI=1S/C13H20FN3/c1-2-17-7-3-4-11(17)9-16-13-6-5-10(15)8-12(13)14/h5-6,8,11,16H,2-4,7,9,15H2,1H3. The molecule has 1 aromatic rings. The van der Waals surface area contributed by atoms with Crippen molar-refractivity contribution >= 4 is 11.4 Å². The van der Waals surface area contributed by atoms with Crippen molar-refractivity contribution in [1.82, 2.24) is 4.90 Å². The summed E-state index contributed by atoms with van der Waals surface area (Å²) in [4.78, 5) is 2.43. The van der Waals surface area contributed by atoms with Crippen LogP contribution in [0.1, 0.15) is 19.8 Å². The molecule has 1 atom stereocenters. The van der Waals surface area contributed by atoms with Gasteiger partial charge in [0.2, 0.25) is 0 Å². The number of hydrogen-bond donors (Lipinski definition) is 2. The third-order valence-electron chi connectivity index (χ3n) is 3.43. The number of halogens is 1. The van der Waals surface area contributed by atoms with Crippen molar-refractivity contribution < 1.29 is 4.39 Å². The van der Waals surface area contributed by atoms with Crippen LogP contribution < -0.4 is 11.1 Å².